The molecule has 0 bridgehead atoms. The molecule has 2 aromatic rings. The zero-order valence-corrected chi connectivity index (χ0v) is 18.0. The molecule has 2 aromatic carbocycles. The number of nitrogens with zero attached hydrogens (tertiary/aromatic N) is 1. The van der Waals surface area contributed by atoms with Gasteiger partial charge in [-0.25, -0.2) is 8.78 Å². The third kappa shape index (κ3) is 4.08. The first kappa shape index (κ1) is 22.6. The lowest BCUT2D eigenvalue weighted by molar-refractivity contribution is -0.184. The average molecular weight is 427 g/mol. The molecule has 1 aliphatic heterocycles. The van der Waals surface area contributed by atoms with Crippen LogP contribution >= 0.6 is 0 Å². The largest absolute Gasteiger partial charge is 0.456 e. The number of Topliss-reactive ketones (excluding diaryl/α,β-unsaturated/α-hetero) is 2. The van der Waals surface area contributed by atoms with Crippen LogP contribution in [0.4, 0.5) is 8.78 Å². The van der Waals surface area contributed by atoms with Crippen LogP contribution in [-0.4, -0.2) is 22.8 Å². The van der Waals surface area contributed by atoms with Gasteiger partial charge in [-0.15, -0.1) is 0 Å². The van der Waals surface area contributed by atoms with Crippen molar-refractivity contribution < 1.29 is 27.8 Å². The van der Waals surface area contributed by atoms with Crippen molar-refractivity contribution in [2.75, 3.05) is 0 Å². The quantitative estimate of drug-likeness (QED) is 0.642. The summed E-state index contributed by atoms with van der Waals surface area (Å²) in [4.78, 5) is 26.3. The van der Waals surface area contributed by atoms with Gasteiger partial charge in [0.2, 0.25) is 0 Å². The highest BCUT2D eigenvalue weighted by atomic mass is 19.1. The van der Waals surface area contributed by atoms with Gasteiger partial charge in [-0.1, -0.05) is 13.0 Å². The molecule has 1 heterocycles. The summed E-state index contributed by atoms with van der Waals surface area (Å²) in [6.45, 7) is 8.38. The monoisotopic (exact) mass is 427 g/mol. The van der Waals surface area contributed by atoms with E-state index in [-0.39, 0.29) is 23.1 Å². The maximum absolute atomic E-state index is 13.9. The van der Waals surface area contributed by atoms with E-state index in [0.29, 0.717) is 18.1 Å². The van der Waals surface area contributed by atoms with Crippen molar-refractivity contribution in [3.63, 3.8) is 0 Å². The summed E-state index contributed by atoms with van der Waals surface area (Å²) in [5.41, 5.74) is -1.58. The maximum Gasteiger partial charge on any atom is 0.179 e. The zero-order chi connectivity index (χ0) is 23.1. The number of rotatable bonds is 4. The minimum Gasteiger partial charge on any atom is -0.456 e. The normalized spacial score (nSPS) is 18.0. The molecule has 1 fully saturated rings. The Bertz CT molecular complexity index is 1090. The van der Waals surface area contributed by atoms with Crippen molar-refractivity contribution in [1.82, 2.24) is 0 Å². The van der Waals surface area contributed by atoms with Crippen LogP contribution in [0.15, 0.2) is 30.3 Å². The summed E-state index contributed by atoms with van der Waals surface area (Å²) in [7, 11) is 0. The van der Waals surface area contributed by atoms with Crippen molar-refractivity contribution in [3.8, 4) is 17.6 Å². The van der Waals surface area contributed by atoms with Crippen LogP contribution in [0.1, 0.15) is 57.2 Å². The van der Waals surface area contributed by atoms with E-state index < -0.39 is 34.3 Å². The summed E-state index contributed by atoms with van der Waals surface area (Å²) < 4.78 is 39.0. The molecule has 3 rings (SSSR count). The van der Waals surface area contributed by atoms with E-state index in [1.54, 1.807) is 45.9 Å². The number of carbonyl (C=O) groups is 2. The molecule has 7 heteroatoms. The summed E-state index contributed by atoms with van der Waals surface area (Å²) in [6, 6.07) is 7.94. The lowest BCUT2D eigenvalue weighted by Crippen LogP contribution is -2.58. The van der Waals surface area contributed by atoms with Crippen molar-refractivity contribution in [2.24, 2.45) is 0 Å². The van der Waals surface area contributed by atoms with E-state index in [1.807, 2.05) is 6.92 Å². The minimum atomic E-state index is -1.18. The van der Waals surface area contributed by atoms with Crippen LogP contribution in [-0.2, 0) is 20.7 Å². The van der Waals surface area contributed by atoms with Gasteiger partial charge in [0.15, 0.2) is 17.3 Å². The standard InChI is InChI=1S/C24H23F2NO4/c1-6-13-7-8-15(30-19-10-14(25)9-18(26)17(19)12-27)11-16(13)20-21(28)23(2,3)31-24(4,5)22(20)29/h7-11,20H,6H2,1-5H3. The zero-order valence-electron chi connectivity index (χ0n) is 18.0. The van der Waals surface area contributed by atoms with Gasteiger partial charge in [0.25, 0.3) is 0 Å². The number of ether oxygens (including phenoxy) is 2. The Morgan fingerprint density at radius 2 is 1.68 bits per heavy atom. The number of hydrogen-bond donors (Lipinski definition) is 0. The second-order valence-corrected chi connectivity index (χ2v) is 8.47. The van der Waals surface area contributed by atoms with Gasteiger partial charge in [-0.2, -0.15) is 5.26 Å². The van der Waals surface area contributed by atoms with Crippen molar-refractivity contribution >= 4 is 11.6 Å². The second-order valence-electron chi connectivity index (χ2n) is 8.47. The summed E-state index contributed by atoms with van der Waals surface area (Å²) in [5.74, 6) is -3.90. The molecule has 0 aromatic heterocycles. The molecule has 31 heavy (non-hydrogen) atoms. The third-order valence-electron chi connectivity index (χ3n) is 5.39. The van der Waals surface area contributed by atoms with Crippen LogP contribution in [0.5, 0.6) is 11.5 Å². The fraction of sp³-hybridized carbons (Fsp3) is 0.375. The van der Waals surface area contributed by atoms with Crippen LogP contribution in [0.3, 0.4) is 0 Å². The molecular formula is C24H23F2NO4. The molecule has 1 aliphatic rings. The smallest absolute Gasteiger partial charge is 0.179 e. The molecule has 0 amide bonds. The van der Waals surface area contributed by atoms with Gasteiger partial charge in [0.05, 0.1) is 0 Å². The molecule has 5 nitrogen and oxygen atoms in total. The molecule has 0 unspecified atom stereocenters. The highest BCUT2D eigenvalue weighted by molar-refractivity contribution is 6.15. The lowest BCUT2D eigenvalue weighted by atomic mass is 9.73. The average Bonchev–Trinajstić information content (AvgIpc) is 2.66. The predicted octanol–water partition coefficient (Wildman–Crippen LogP) is 5.00. The van der Waals surface area contributed by atoms with Gasteiger partial charge in [0, 0.05) is 12.1 Å². The molecule has 0 aliphatic carbocycles. The Morgan fingerprint density at radius 1 is 1.06 bits per heavy atom. The van der Waals surface area contributed by atoms with E-state index in [1.165, 1.54) is 6.07 Å². The Hall–Kier alpha value is -3.11. The summed E-state index contributed by atoms with van der Waals surface area (Å²) in [5, 5.41) is 9.20. The summed E-state index contributed by atoms with van der Waals surface area (Å²) in [6.07, 6.45) is 0.548. The van der Waals surface area contributed by atoms with E-state index in [4.69, 9.17) is 9.47 Å². The van der Waals surface area contributed by atoms with Crippen molar-refractivity contribution in [2.45, 2.75) is 58.2 Å². The molecule has 0 radical (unpaired) electrons. The number of nitriles is 1. The Kier molecular flexibility index (Phi) is 5.72. The van der Waals surface area contributed by atoms with Crippen LogP contribution < -0.4 is 4.74 Å². The molecular weight excluding hydrogens is 404 g/mol. The van der Waals surface area contributed by atoms with Crippen LogP contribution in [0, 0.1) is 23.0 Å². The molecule has 0 N–H and O–H groups in total. The lowest BCUT2D eigenvalue weighted by Gasteiger charge is -2.43. The predicted molar refractivity (Wildman–Crippen MR) is 109 cm³/mol. The maximum atomic E-state index is 13.9. The van der Waals surface area contributed by atoms with E-state index in [0.717, 1.165) is 11.6 Å². The van der Waals surface area contributed by atoms with E-state index >= 15 is 0 Å². The van der Waals surface area contributed by atoms with Crippen molar-refractivity contribution in [1.29, 1.82) is 5.26 Å². The first-order valence-electron chi connectivity index (χ1n) is 9.90. The minimum absolute atomic E-state index is 0.149. The third-order valence-corrected chi connectivity index (χ3v) is 5.39. The molecule has 0 spiro atoms. The topological polar surface area (TPSA) is 76.4 Å². The Labute approximate surface area is 179 Å². The van der Waals surface area contributed by atoms with Gasteiger partial charge in [-0.05, 0) is 57.4 Å². The second kappa shape index (κ2) is 7.86. The number of carbonyl (C=O) groups excluding carboxylic acids is 2. The Balaban J connectivity index is 2.12. The molecule has 1 saturated heterocycles. The Morgan fingerprint density at radius 3 is 2.23 bits per heavy atom. The highest BCUT2D eigenvalue weighted by Crippen LogP contribution is 2.41. The first-order chi connectivity index (χ1) is 14.4. The van der Waals surface area contributed by atoms with E-state index in [2.05, 4.69) is 0 Å². The van der Waals surface area contributed by atoms with Gasteiger partial charge >= 0.3 is 0 Å². The SMILES string of the molecule is CCc1ccc(Oc2cc(F)cc(F)c2C#N)cc1C1C(=O)C(C)(C)OC(C)(C)C1=O. The molecule has 0 saturated carbocycles. The van der Waals surface area contributed by atoms with Crippen molar-refractivity contribution in [3.05, 3.63) is 58.7 Å². The fourth-order valence-electron chi connectivity index (χ4n) is 3.93. The molecule has 0 atom stereocenters. The number of hydrogen-bond acceptors (Lipinski definition) is 5. The van der Waals surface area contributed by atoms with Gasteiger partial charge in [-0.3, -0.25) is 9.59 Å². The van der Waals surface area contributed by atoms with E-state index in [9.17, 15) is 23.6 Å². The number of ketones is 2. The fourth-order valence-corrected chi connectivity index (χ4v) is 3.93. The highest BCUT2D eigenvalue weighted by Gasteiger charge is 2.53. The summed E-state index contributed by atoms with van der Waals surface area (Å²) >= 11 is 0. The number of aryl methyl sites for hydroxylation is 1. The van der Waals surface area contributed by atoms with Gasteiger partial charge in [0.1, 0.15) is 46.1 Å². The first-order valence-corrected chi connectivity index (χ1v) is 9.90. The van der Waals surface area contributed by atoms with Crippen LogP contribution in [0.25, 0.3) is 0 Å². The molecule has 162 valence electrons. The number of benzene rings is 2. The van der Waals surface area contributed by atoms with Gasteiger partial charge < -0.3 is 9.47 Å². The number of halogens is 2. The van der Waals surface area contributed by atoms with Crippen LogP contribution in [0.2, 0.25) is 0 Å².